The van der Waals surface area contributed by atoms with Crippen molar-refractivity contribution in [2.45, 2.75) is 38.7 Å². The molecule has 1 nitrogen and oxygen atoms in total. The summed E-state index contributed by atoms with van der Waals surface area (Å²) in [6.07, 6.45) is 2.87. The Morgan fingerprint density at radius 2 is 1.52 bits per heavy atom. The Kier molecular flexibility index (Phi) is 8.02. The Balaban J connectivity index is 0.00000264. The Labute approximate surface area is 160 Å². The van der Waals surface area contributed by atoms with Gasteiger partial charge in [-0.1, -0.05) is 56.7 Å². The fourth-order valence-corrected chi connectivity index (χ4v) is 2.19. The van der Waals surface area contributed by atoms with E-state index in [1.165, 1.54) is 12.1 Å². The molecule has 1 atom stereocenters. The van der Waals surface area contributed by atoms with Gasteiger partial charge in [0.05, 0.1) is 0 Å². The van der Waals surface area contributed by atoms with E-state index in [9.17, 15) is 9.50 Å². The molecule has 0 heterocycles. The first-order valence-corrected chi connectivity index (χ1v) is 7.60. The van der Waals surface area contributed by atoms with Crippen LogP contribution in [-0.4, -0.2) is 0 Å². The molecular weight excluding hydrogens is 298 g/mol. The topological polar surface area (TPSA) is 23.1 Å². The van der Waals surface area contributed by atoms with Gasteiger partial charge in [0, 0.05) is 6.42 Å². The molecule has 2 rings (SSSR count). The van der Waals surface area contributed by atoms with E-state index in [0.717, 1.165) is 30.4 Å². The fourth-order valence-electron chi connectivity index (χ4n) is 2.19. The van der Waals surface area contributed by atoms with Gasteiger partial charge in [0.2, 0.25) is 0 Å². The van der Waals surface area contributed by atoms with E-state index in [1.807, 2.05) is 12.1 Å². The second-order valence-corrected chi connectivity index (χ2v) is 5.52. The summed E-state index contributed by atoms with van der Waals surface area (Å²) in [7, 11) is 0. The summed E-state index contributed by atoms with van der Waals surface area (Å²) >= 11 is 0. The SMILES string of the molecule is CCCCC#CC(C)([O-])c1ccc(-c2ccc(F)cc2)cc1.[Na+]. The molecule has 0 saturated heterocycles. The van der Waals surface area contributed by atoms with Gasteiger partial charge in [-0.3, -0.25) is 0 Å². The van der Waals surface area contributed by atoms with Crippen LogP contribution in [0.1, 0.15) is 38.7 Å². The maximum Gasteiger partial charge on any atom is 1.00 e. The number of hydrogen-bond donors (Lipinski definition) is 0. The monoisotopic (exact) mass is 318 g/mol. The van der Waals surface area contributed by atoms with E-state index in [2.05, 4.69) is 18.8 Å². The Bertz CT molecular complexity index is 664. The minimum Gasteiger partial charge on any atom is -0.837 e. The quantitative estimate of drug-likeness (QED) is 0.473. The minimum atomic E-state index is -1.39. The molecule has 2 aromatic rings. The standard InChI is InChI=1S/C20H20FO.Na/c1-3-4-5-6-15-20(2,22)18-11-7-16(8-12-18)17-9-13-19(21)14-10-17;/h7-14H,3-5H2,1-2H3;/q-1;+1. The fraction of sp³-hybridized carbons (Fsp3) is 0.300. The third kappa shape index (κ3) is 5.79. The van der Waals surface area contributed by atoms with Gasteiger partial charge in [-0.2, -0.15) is 0 Å². The van der Waals surface area contributed by atoms with E-state index < -0.39 is 5.60 Å². The zero-order valence-corrected chi connectivity index (χ0v) is 16.0. The van der Waals surface area contributed by atoms with Crippen molar-refractivity contribution in [3.05, 3.63) is 59.9 Å². The predicted octanol–water partition coefficient (Wildman–Crippen LogP) is 1.27. The van der Waals surface area contributed by atoms with Gasteiger partial charge in [-0.25, -0.2) is 4.39 Å². The first-order chi connectivity index (χ1) is 10.5. The Hall–Kier alpha value is -1.11. The number of benzene rings is 2. The van der Waals surface area contributed by atoms with E-state index in [4.69, 9.17) is 0 Å². The summed E-state index contributed by atoms with van der Waals surface area (Å²) in [4.78, 5) is 0. The van der Waals surface area contributed by atoms with Crippen molar-refractivity contribution in [3.8, 4) is 23.0 Å². The Morgan fingerprint density at radius 3 is 2.04 bits per heavy atom. The number of unbranched alkanes of at least 4 members (excludes halogenated alkanes) is 2. The van der Waals surface area contributed by atoms with Crippen molar-refractivity contribution >= 4 is 0 Å². The molecule has 0 radical (unpaired) electrons. The molecule has 0 aliphatic heterocycles. The van der Waals surface area contributed by atoms with Crippen LogP contribution in [0.25, 0.3) is 11.1 Å². The van der Waals surface area contributed by atoms with Crippen LogP contribution in [0.3, 0.4) is 0 Å². The van der Waals surface area contributed by atoms with Crippen LogP contribution in [-0.2, 0) is 5.60 Å². The van der Waals surface area contributed by atoms with Crippen LogP contribution in [0.2, 0.25) is 0 Å². The van der Waals surface area contributed by atoms with Crippen molar-refractivity contribution in [2.75, 3.05) is 0 Å². The molecule has 114 valence electrons. The molecule has 0 aliphatic rings. The minimum absolute atomic E-state index is 0. The zero-order valence-electron chi connectivity index (χ0n) is 14.0. The van der Waals surface area contributed by atoms with Gasteiger partial charge in [0.1, 0.15) is 5.82 Å². The average molecular weight is 318 g/mol. The second kappa shape index (κ2) is 9.25. The van der Waals surface area contributed by atoms with Crippen molar-refractivity contribution in [1.82, 2.24) is 0 Å². The molecule has 23 heavy (non-hydrogen) atoms. The first-order valence-electron chi connectivity index (χ1n) is 7.60. The van der Waals surface area contributed by atoms with Crippen LogP contribution in [0.15, 0.2) is 48.5 Å². The summed E-state index contributed by atoms with van der Waals surface area (Å²) in [5.74, 6) is 5.54. The van der Waals surface area contributed by atoms with Gasteiger partial charge >= 0.3 is 29.6 Å². The molecule has 0 aliphatic carbocycles. The van der Waals surface area contributed by atoms with E-state index in [-0.39, 0.29) is 35.4 Å². The van der Waals surface area contributed by atoms with E-state index >= 15 is 0 Å². The molecule has 0 amide bonds. The van der Waals surface area contributed by atoms with Gasteiger partial charge in [0.15, 0.2) is 0 Å². The third-order valence-electron chi connectivity index (χ3n) is 3.60. The summed E-state index contributed by atoms with van der Waals surface area (Å²) in [5.41, 5.74) is 1.14. The summed E-state index contributed by atoms with van der Waals surface area (Å²) in [6.45, 7) is 3.70. The van der Waals surface area contributed by atoms with Crippen molar-refractivity contribution < 1.29 is 39.1 Å². The number of rotatable bonds is 4. The van der Waals surface area contributed by atoms with Gasteiger partial charge in [-0.05, 0) is 40.8 Å². The molecule has 2 aromatic carbocycles. The molecule has 0 saturated carbocycles. The number of halogens is 1. The average Bonchev–Trinajstić information content (AvgIpc) is 2.52. The van der Waals surface area contributed by atoms with Crippen LogP contribution < -0.4 is 34.7 Å². The summed E-state index contributed by atoms with van der Waals surface area (Å²) < 4.78 is 12.9. The van der Waals surface area contributed by atoms with Gasteiger partial charge in [-0.15, -0.1) is 11.8 Å². The van der Waals surface area contributed by atoms with Crippen LogP contribution in [0.4, 0.5) is 4.39 Å². The smallest absolute Gasteiger partial charge is 0.837 e. The van der Waals surface area contributed by atoms with Crippen LogP contribution >= 0.6 is 0 Å². The second-order valence-electron chi connectivity index (χ2n) is 5.52. The number of hydrogen-bond acceptors (Lipinski definition) is 1. The zero-order chi connectivity index (χ0) is 16.0. The van der Waals surface area contributed by atoms with E-state index in [0.29, 0.717) is 5.56 Å². The molecule has 0 N–H and O–H groups in total. The molecule has 0 bridgehead atoms. The molecule has 1 unspecified atom stereocenters. The van der Waals surface area contributed by atoms with Crippen molar-refractivity contribution in [1.29, 1.82) is 0 Å². The third-order valence-corrected chi connectivity index (χ3v) is 3.60. The first kappa shape index (κ1) is 19.9. The largest absolute Gasteiger partial charge is 1.00 e. The van der Waals surface area contributed by atoms with Crippen molar-refractivity contribution in [3.63, 3.8) is 0 Å². The van der Waals surface area contributed by atoms with E-state index in [1.54, 1.807) is 31.2 Å². The molecule has 3 heteroatoms. The van der Waals surface area contributed by atoms with Crippen LogP contribution in [0.5, 0.6) is 0 Å². The molecule has 0 aromatic heterocycles. The molecule has 0 spiro atoms. The summed E-state index contributed by atoms with van der Waals surface area (Å²) in [6, 6.07) is 13.7. The Morgan fingerprint density at radius 1 is 1.00 bits per heavy atom. The maximum atomic E-state index is 12.9. The molecular formula is C20H20FNaO. The predicted molar refractivity (Wildman–Crippen MR) is 86.5 cm³/mol. The van der Waals surface area contributed by atoms with Crippen molar-refractivity contribution in [2.24, 2.45) is 0 Å². The summed E-state index contributed by atoms with van der Waals surface area (Å²) in [5, 5.41) is 12.5. The normalized spacial score (nSPS) is 12.5. The van der Waals surface area contributed by atoms with Gasteiger partial charge < -0.3 is 5.11 Å². The molecule has 0 fully saturated rings. The van der Waals surface area contributed by atoms with Crippen LogP contribution in [0, 0.1) is 17.7 Å². The maximum absolute atomic E-state index is 12.9. The van der Waals surface area contributed by atoms with Gasteiger partial charge in [0.25, 0.3) is 0 Å².